The first-order valence-corrected chi connectivity index (χ1v) is 2.84. The Labute approximate surface area is 42.7 Å². The van der Waals surface area contributed by atoms with Crippen LogP contribution in [0.2, 0.25) is 0 Å². The average Bonchev–Trinajstić information content (AvgIpc) is 1.35. The fraction of sp³-hybridized carbons (Fsp3) is 1.00. The quantitative estimate of drug-likeness (QED) is 0.435. The lowest BCUT2D eigenvalue weighted by molar-refractivity contribution is 0.803. The van der Waals surface area contributed by atoms with Crippen molar-refractivity contribution in [1.82, 2.24) is 0 Å². The molecule has 0 unspecified atom stereocenters. The van der Waals surface area contributed by atoms with Crippen LogP contribution in [-0.4, -0.2) is 4.75 Å². The molecular formula is C4H11NS. The van der Waals surface area contributed by atoms with E-state index in [0.717, 1.165) is 11.6 Å². The number of nitrogens with one attached hydrogen (secondary N) is 1. The highest BCUT2D eigenvalue weighted by Crippen LogP contribution is 2.00. The summed E-state index contributed by atoms with van der Waals surface area (Å²) < 4.78 is 7.01. The van der Waals surface area contributed by atoms with Gasteiger partial charge in [0, 0.05) is 4.75 Å². The topological polar surface area (TPSA) is 23.9 Å². The van der Waals surface area contributed by atoms with E-state index in [4.69, 9.17) is 4.78 Å². The molecule has 0 saturated carbocycles. The van der Waals surface area contributed by atoms with Gasteiger partial charge in [0.15, 0.2) is 0 Å². The van der Waals surface area contributed by atoms with Gasteiger partial charge in [-0.1, -0.05) is 20.8 Å². The maximum absolute atomic E-state index is 6.83. The minimum Gasteiger partial charge on any atom is -0.283 e. The predicted octanol–water partition coefficient (Wildman–Crippen LogP) is 1.36. The van der Waals surface area contributed by atoms with Gasteiger partial charge in [-0.25, -0.2) is 0 Å². The molecule has 0 saturated heterocycles. The van der Waals surface area contributed by atoms with E-state index in [1.165, 1.54) is 0 Å². The van der Waals surface area contributed by atoms with Crippen LogP contribution in [0.5, 0.6) is 0 Å². The monoisotopic (exact) mass is 105 g/mol. The van der Waals surface area contributed by atoms with E-state index in [1.54, 1.807) is 0 Å². The fourth-order valence-corrected chi connectivity index (χ4v) is 0. The predicted molar refractivity (Wildman–Crippen MR) is 31.2 cm³/mol. The summed E-state index contributed by atoms with van der Waals surface area (Å²) >= 11 is 0.725. The molecule has 6 heavy (non-hydrogen) atoms. The van der Waals surface area contributed by atoms with E-state index < -0.39 is 0 Å². The molecule has 38 valence electrons. The molecule has 0 bridgehead atoms. The van der Waals surface area contributed by atoms with E-state index >= 15 is 0 Å². The van der Waals surface area contributed by atoms with E-state index in [0.29, 0.717) is 0 Å². The van der Waals surface area contributed by atoms with Gasteiger partial charge in [0.25, 0.3) is 0 Å². The van der Waals surface area contributed by atoms with Gasteiger partial charge >= 0.3 is 0 Å². The summed E-state index contributed by atoms with van der Waals surface area (Å²) in [4.78, 5) is 0. The maximum atomic E-state index is 6.83. The number of rotatable bonds is 0. The van der Waals surface area contributed by atoms with Crippen molar-refractivity contribution >= 4 is 11.6 Å². The van der Waals surface area contributed by atoms with Crippen molar-refractivity contribution in [2.45, 2.75) is 25.5 Å². The normalized spacial score (nSPS) is 11.8. The molecule has 0 amide bonds. The fourth-order valence-electron chi connectivity index (χ4n) is 0. The van der Waals surface area contributed by atoms with E-state index in [2.05, 4.69) is 0 Å². The molecule has 0 aromatic rings. The molecule has 0 aliphatic carbocycles. The Balaban J connectivity index is 3.45. The standard InChI is InChI=1S/C4H11NS/c1-4(2,3)6-5/h5-6H,1-3H3. The zero-order valence-corrected chi connectivity index (χ0v) is 5.34. The molecule has 0 radical (unpaired) electrons. The van der Waals surface area contributed by atoms with Gasteiger partial charge in [-0.15, -0.1) is 11.6 Å². The molecule has 0 aromatic heterocycles. The molecule has 0 aliphatic heterocycles. The van der Waals surface area contributed by atoms with Gasteiger partial charge in [0.1, 0.15) is 0 Å². The van der Waals surface area contributed by atoms with Crippen molar-refractivity contribution < 1.29 is 0 Å². The minimum absolute atomic E-state index is 0.181. The van der Waals surface area contributed by atoms with Crippen LogP contribution >= 0.6 is 0 Å². The second-order valence-corrected chi connectivity index (χ2v) is 3.85. The van der Waals surface area contributed by atoms with Crippen molar-refractivity contribution in [1.29, 1.82) is 4.78 Å². The third-order valence-electron chi connectivity index (χ3n) is 0.335. The lowest BCUT2D eigenvalue weighted by Crippen LogP contribution is -2.09. The van der Waals surface area contributed by atoms with Crippen LogP contribution < -0.4 is 0 Å². The average molecular weight is 105 g/mol. The smallest absolute Gasteiger partial charge is 0.0152 e. The van der Waals surface area contributed by atoms with Crippen LogP contribution in [0.3, 0.4) is 0 Å². The lowest BCUT2D eigenvalue weighted by Gasteiger charge is -2.07. The summed E-state index contributed by atoms with van der Waals surface area (Å²) in [6.07, 6.45) is 0. The summed E-state index contributed by atoms with van der Waals surface area (Å²) in [5, 5.41) is 0. The third kappa shape index (κ3) is 4.15. The van der Waals surface area contributed by atoms with Gasteiger partial charge in [-0.2, -0.15) is 0 Å². The van der Waals surface area contributed by atoms with Crippen LogP contribution in [0.15, 0.2) is 0 Å². The maximum Gasteiger partial charge on any atom is 0.0152 e. The molecule has 1 nitrogen and oxygen atoms in total. The Hall–Kier alpha value is 0.150. The first kappa shape index (κ1) is 6.15. The summed E-state index contributed by atoms with van der Waals surface area (Å²) in [5.74, 6) is 0. The summed E-state index contributed by atoms with van der Waals surface area (Å²) in [7, 11) is 0. The van der Waals surface area contributed by atoms with Crippen LogP contribution in [0.1, 0.15) is 20.8 Å². The van der Waals surface area contributed by atoms with Gasteiger partial charge in [0.05, 0.1) is 0 Å². The largest absolute Gasteiger partial charge is 0.283 e. The zero-order valence-electron chi connectivity index (χ0n) is 4.45. The number of thiol groups is 1. The Morgan fingerprint density at radius 2 is 1.50 bits per heavy atom. The summed E-state index contributed by atoms with van der Waals surface area (Å²) in [6.45, 7) is 6.13. The van der Waals surface area contributed by atoms with Crippen LogP contribution in [-0.2, 0) is 11.6 Å². The second-order valence-electron chi connectivity index (χ2n) is 2.28. The molecule has 0 fully saturated rings. The van der Waals surface area contributed by atoms with E-state index in [1.807, 2.05) is 20.8 Å². The first-order chi connectivity index (χ1) is 2.56. The first-order valence-electron chi connectivity index (χ1n) is 1.95. The highest BCUT2D eigenvalue weighted by atomic mass is 32.1. The highest BCUT2D eigenvalue weighted by Gasteiger charge is 2.01. The molecule has 2 heteroatoms. The van der Waals surface area contributed by atoms with Gasteiger partial charge in [-0.05, 0) is 0 Å². The second kappa shape index (κ2) is 1.73. The molecule has 0 spiro atoms. The molecule has 1 N–H and O–H groups in total. The van der Waals surface area contributed by atoms with Crippen molar-refractivity contribution in [3.8, 4) is 0 Å². The lowest BCUT2D eigenvalue weighted by atomic mass is 10.3. The molecule has 0 aromatic carbocycles. The van der Waals surface area contributed by atoms with Crippen LogP contribution in [0.4, 0.5) is 0 Å². The minimum atomic E-state index is 0.181. The molecular weight excluding hydrogens is 94.1 g/mol. The number of hydrogen-bond acceptors (Lipinski definition) is 1. The molecule has 0 atom stereocenters. The van der Waals surface area contributed by atoms with E-state index in [-0.39, 0.29) is 4.75 Å². The zero-order chi connectivity index (χ0) is 5.21. The SMILES string of the molecule is CC(C)(C)[SH]=N. The summed E-state index contributed by atoms with van der Waals surface area (Å²) in [6, 6.07) is 0. The Morgan fingerprint density at radius 1 is 1.33 bits per heavy atom. The van der Waals surface area contributed by atoms with Crippen molar-refractivity contribution in [3.63, 3.8) is 0 Å². The van der Waals surface area contributed by atoms with Crippen LogP contribution in [0, 0.1) is 4.78 Å². The molecule has 0 heterocycles. The summed E-state index contributed by atoms with van der Waals surface area (Å²) in [5.41, 5.74) is 0. The van der Waals surface area contributed by atoms with Gasteiger partial charge < -0.3 is 0 Å². The Kier molecular flexibility index (Phi) is 1.78. The Morgan fingerprint density at radius 3 is 1.50 bits per heavy atom. The third-order valence-corrected chi connectivity index (χ3v) is 1.01. The van der Waals surface area contributed by atoms with Crippen molar-refractivity contribution in [2.24, 2.45) is 0 Å². The van der Waals surface area contributed by atoms with Crippen molar-refractivity contribution in [2.75, 3.05) is 0 Å². The van der Waals surface area contributed by atoms with E-state index in [9.17, 15) is 0 Å². The number of hydrogen-bond donors (Lipinski definition) is 2. The Bertz CT molecular complexity index is 53.1. The van der Waals surface area contributed by atoms with Gasteiger partial charge in [-0.3, -0.25) is 4.78 Å². The molecule has 0 aliphatic rings. The van der Waals surface area contributed by atoms with Crippen LogP contribution in [0.25, 0.3) is 0 Å². The van der Waals surface area contributed by atoms with Crippen molar-refractivity contribution in [3.05, 3.63) is 0 Å². The molecule has 0 rings (SSSR count). The highest BCUT2D eigenvalue weighted by molar-refractivity contribution is 7.68. The van der Waals surface area contributed by atoms with Gasteiger partial charge in [0.2, 0.25) is 0 Å².